The van der Waals surface area contributed by atoms with Crippen molar-refractivity contribution in [1.29, 1.82) is 0 Å². The van der Waals surface area contributed by atoms with Gasteiger partial charge in [-0.2, -0.15) is 0 Å². The summed E-state index contributed by atoms with van der Waals surface area (Å²) in [6.45, 7) is 4.46. The van der Waals surface area contributed by atoms with E-state index in [-0.39, 0.29) is 5.97 Å². The number of carbonyl (C=O) groups excluding carboxylic acids is 1. The molecule has 0 saturated heterocycles. The van der Waals surface area contributed by atoms with Crippen molar-refractivity contribution in [3.05, 3.63) is 16.0 Å². The summed E-state index contributed by atoms with van der Waals surface area (Å²) in [5.74, 6) is 0.418. The zero-order valence-electron chi connectivity index (χ0n) is 12.0. The summed E-state index contributed by atoms with van der Waals surface area (Å²) in [6, 6.07) is 0. The van der Waals surface area contributed by atoms with Crippen LogP contribution in [0.4, 0.5) is 5.00 Å². The lowest BCUT2D eigenvalue weighted by molar-refractivity contribution is 0.0526. The second-order valence-corrected chi connectivity index (χ2v) is 6.49. The fourth-order valence-corrected chi connectivity index (χ4v) is 3.99. The van der Waals surface area contributed by atoms with Gasteiger partial charge >= 0.3 is 5.97 Å². The minimum Gasteiger partial charge on any atom is -0.462 e. The van der Waals surface area contributed by atoms with E-state index in [1.807, 2.05) is 6.92 Å². The predicted molar refractivity (Wildman–Crippen MR) is 86.7 cm³/mol. The molecule has 0 radical (unpaired) electrons. The highest BCUT2D eigenvalue weighted by Gasteiger charge is 2.28. The Labute approximate surface area is 128 Å². The van der Waals surface area contributed by atoms with Gasteiger partial charge in [0.1, 0.15) is 5.00 Å². The number of thiocarbonyl (C=S) groups is 1. The number of carbonyl (C=O) groups is 1. The van der Waals surface area contributed by atoms with Crippen LogP contribution in [0.5, 0.6) is 0 Å². The first-order chi connectivity index (χ1) is 9.56. The van der Waals surface area contributed by atoms with Gasteiger partial charge in [-0.25, -0.2) is 4.79 Å². The van der Waals surface area contributed by atoms with E-state index < -0.39 is 0 Å². The maximum absolute atomic E-state index is 12.2. The largest absolute Gasteiger partial charge is 0.462 e. The van der Waals surface area contributed by atoms with Gasteiger partial charge in [-0.05, 0) is 49.9 Å². The Morgan fingerprint density at radius 3 is 2.95 bits per heavy atom. The van der Waals surface area contributed by atoms with Crippen molar-refractivity contribution >= 4 is 39.6 Å². The molecule has 0 aromatic carbocycles. The SMILES string of the molecule is CCOC(=O)c1c(NC(=S)NC)sc2c1CC[C@H](C)C2. The van der Waals surface area contributed by atoms with Gasteiger partial charge < -0.3 is 15.4 Å². The summed E-state index contributed by atoms with van der Waals surface area (Å²) >= 11 is 6.77. The highest BCUT2D eigenvalue weighted by Crippen LogP contribution is 2.40. The molecule has 1 heterocycles. The Morgan fingerprint density at radius 2 is 2.30 bits per heavy atom. The number of hydrogen-bond acceptors (Lipinski definition) is 4. The molecule has 1 aromatic heterocycles. The normalized spacial score (nSPS) is 17.2. The van der Waals surface area contributed by atoms with Gasteiger partial charge in [0.05, 0.1) is 12.2 Å². The molecule has 0 aliphatic heterocycles. The minimum absolute atomic E-state index is 0.249. The maximum Gasteiger partial charge on any atom is 0.341 e. The second kappa shape index (κ2) is 6.54. The third-order valence-corrected chi connectivity index (χ3v) is 4.92. The minimum atomic E-state index is -0.249. The molecule has 1 aliphatic carbocycles. The van der Waals surface area contributed by atoms with Gasteiger partial charge in [-0.15, -0.1) is 11.3 Å². The Bertz CT molecular complexity index is 525. The first-order valence-electron chi connectivity index (χ1n) is 6.87. The third-order valence-electron chi connectivity index (χ3n) is 3.45. The second-order valence-electron chi connectivity index (χ2n) is 4.98. The summed E-state index contributed by atoms with van der Waals surface area (Å²) < 4.78 is 5.20. The molecular weight excluding hydrogens is 292 g/mol. The fourth-order valence-electron chi connectivity index (χ4n) is 2.42. The van der Waals surface area contributed by atoms with Crippen molar-refractivity contribution in [2.24, 2.45) is 5.92 Å². The van der Waals surface area contributed by atoms with Gasteiger partial charge in [-0.3, -0.25) is 0 Å². The van der Waals surface area contributed by atoms with Crippen LogP contribution in [0.15, 0.2) is 0 Å². The number of nitrogens with one attached hydrogen (secondary N) is 2. The molecule has 20 heavy (non-hydrogen) atoms. The number of ether oxygens (including phenoxy) is 1. The topological polar surface area (TPSA) is 50.4 Å². The van der Waals surface area contributed by atoms with E-state index in [1.165, 1.54) is 4.88 Å². The molecule has 2 rings (SSSR count). The van der Waals surface area contributed by atoms with E-state index in [0.29, 0.717) is 23.2 Å². The van der Waals surface area contributed by atoms with Crippen LogP contribution in [-0.4, -0.2) is 24.7 Å². The smallest absolute Gasteiger partial charge is 0.341 e. The van der Waals surface area contributed by atoms with Crippen molar-refractivity contribution in [1.82, 2.24) is 5.32 Å². The highest BCUT2D eigenvalue weighted by molar-refractivity contribution is 7.80. The lowest BCUT2D eigenvalue weighted by Gasteiger charge is -2.18. The van der Waals surface area contributed by atoms with Crippen molar-refractivity contribution in [2.45, 2.75) is 33.1 Å². The monoisotopic (exact) mass is 312 g/mol. The van der Waals surface area contributed by atoms with E-state index in [2.05, 4.69) is 17.6 Å². The first kappa shape index (κ1) is 15.3. The quantitative estimate of drug-likeness (QED) is 0.664. The Kier molecular flexibility index (Phi) is 4.99. The van der Waals surface area contributed by atoms with Gasteiger partial charge in [0.25, 0.3) is 0 Å². The average Bonchev–Trinajstić information content (AvgIpc) is 2.75. The van der Waals surface area contributed by atoms with Crippen LogP contribution in [0.25, 0.3) is 0 Å². The highest BCUT2D eigenvalue weighted by atomic mass is 32.1. The number of hydrogen-bond donors (Lipinski definition) is 2. The zero-order valence-corrected chi connectivity index (χ0v) is 13.7. The van der Waals surface area contributed by atoms with Gasteiger partial charge in [0, 0.05) is 11.9 Å². The van der Waals surface area contributed by atoms with Gasteiger partial charge in [0.2, 0.25) is 0 Å². The molecule has 2 N–H and O–H groups in total. The van der Waals surface area contributed by atoms with Crippen LogP contribution in [0.1, 0.15) is 41.1 Å². The van der Waals surface area contributed by atoms with Crippen molar-refractivity contribution in [3.8, 4) is 0 Å². The van der Waals surface area contributed by atoms with Crippen molar-refractivity contribution < 1.29 is 9.53 Å². The average molecular weight is 312 g/mol. The molecule has 1 atom stereocenters. The van der Waals surface area contributed by atoms with E-state index in [4.69, 9.17) is 17.0 Å². The number of thiophene rings is 1. The summed E-state index contributed by atoms with van der Waals surface area (Å²) in [5, 5.41) is 7.31. The van der Waals surface area contributed by atoms with Crippen LogP contribution in [0.2, 0.25) is 0 Å². The predicted octanol–water partition coefficient (Wildman–Crippen LogP) is 2.97. The number of esters is 1. The van der Waals surface area contributed by atoms with Crippen molar-refractivity contribution in [3.63, 3.8) is 0 Å². The van der Waals surface area contributed by atoms with Crippen LogP contribution < -0.4 is 10.6 Å². The zero-order chi connectivity index (χ0) is 14.7. The lowest BCUT2D eigenvalue weighted by atomic mass is 9.88. The molecular formula is C14H20N2O2S2. The molecule has 0 amide bonds. The Hall–Kier alpha value is -1.14. The van der Waals surface area contributed by atoms with Crippen LogP contribution >= 0.6 is 23.6 Å². The lowest BCUT2D eigenvalue weighted by Crippen LogP contribution is -2.25. The summed E-state index contributed by atoms with van der Waals surface area (Å²) in [5.41, 5.74) is 1.82. The van der Waals surface area contributed by atoms with E-state index in [9.17, 15) is 4.79 Å². The summed E-state index contributed by atoms with van der Waals surface area (Å²) in [4.78, 5) is 13.5. The molecule has 0 unspecified atom stereocenters. The van der Waals surface area contributed by atoms with E-state index in [0.717, 1.165) is 29.8 Å². The molecule has 0 saturated carbocycles. The molecule has 0 bridgehead atoms. The standard InChI is InChI=1S/C14H20N2O2S2/c1-4-18-13(17)11-9-6-5-8(2)7-10(9)20-12(11)16-14(19)15-3/h8H,4-7H2,1-3H3,(H2,15,16,19)/t8-/m0/s1. The molecule has 0 spiro atoms. The number of fused-ring (bicyclic) bond motifs is 1. The Morgan fingerprint density at radius 1 is 1.55 bits per heavy atom. The number of anilines is 1. The molecule has 4 nitrogen and oxygen atoms in total. The molecule has 1 aliphatic rings. The summed E-state index contributed by atoms with van der Waals surface area (Å²) in [7, 11) is 1.76. The maximum atomic E-state index is 12.2. The fraction of sp³-hybridized carbons (Fsp3) is 0.571. The molecule has 0 fully saturated rings. The molecule has 110 valence electrons. The van der Waals surface area contributed by atoms with Crippen LogP contribution in [0.3, 0.4) is 0 Å². The first-order valence-corrected chi connectivity index (χ1v) is 8.09. The third kappa shape index (κ3) is 3.12. The van der Waals surface area contributed by atoms with E-state index >= 15 is 0 Å². The Balaban J connectivity index is 2.39. The molecule has 1 aromatic rings. The van der Waals surface area contributed by atoms with Gasteiger partial charge in [0.15, 0.2) is 5.11 Å². The van der Waals surface area contributed by atoms with Crippen LogP contribution in [-0.2, 0) is 17.6 Å². The van der Waals surface area contributed by atoms with Crippen molar-refractivity contribution in [2.75, 3.05) is 19.0 Å². The number of rotatable bonds is 3. The van der Waals surface area contributed by atoms with Gasteiger partial charge in [-0.1, -0.05) is 6.92 Å². The van der Waals surface area contributed by atoms with Crippen LogP contribution in [0, 0.1) is 5.92 Å². The molecule has 6 heteroatoms. The summed E-state index contributed by atoms with van der Waals surface area (Å²) in [6.07, 6.45) is 3.08. The van der Waals surface area contributed by atoms with E-state index in [1.54, 1.807) is 18.4 Å².